The largest absolute Gasteiger partial charge is 0.290 e. The summed E-state index contributed by atoms with van der Waals surface area (Å²) in [4.78, 5) is 15.8. The van der Waals surface area contributed by atoms with E-state index in [2.05, 4.69) is 10.1 Å². The Morgan fingerprint density at radius 1 is 1.31 bits per heavy atom. The fourth-order valence-electron chi connectivity index (χ4n) is 1.44. The summed E-state index contributed by atoms with van der Waals surface area (Å²) in [6.45, 7) is 2.69. The van der Waals surface area contributed by atoms with Gasteiger partial charge in [-0.3, -0.25) is 9.48 Å². The van der Waals surface area contributed by atoms with Crippen LogP contribution in [0.15, 0.2) is 36.7 Å². The highest BCUT2D eigenvalue weighted by Gasteiger charge is 2.11. The lowest BCUT2D eigenvalue weighted by molar-refractivity contribution is 0.0983. The van der Waals surface area contributed by atoms with Crippen molar-refractivity contribution in [2.24, 2.45) is 0 Å². The molecule has 4 heteroatoms. The second-order valence-corrected chi connectivity index (χ2v) is 3.51. The van der Waals surface area contributed by atoms with Crippen molar-refractivity contribution in [3.63, 3.8) is 0 Å². The first-order chi connectivity index (χ1) is 7.79. The van der Waals surface area contributed by atoms with Crippen LogP contribution in [0, 0.1) is 0 Å². The average molecular weight is 215 g/mol. The molecule has 0 amide bonds. The predicted molar refractivity (Wildman–Crippen MR) is 60.2 cm³/mol. The van der Waals surface area contributed by atoms with Crippen molar-refractivity contribution in [1.82, 2.24) is 14.8 Å². The van der Waals surface area contributed by atoms with E-state index < -0.39 is 0 Å². The number of nitrogens with zero attached hydrogens (tertiary/aromatic N) is 3. The van der Waals surface area contributed by atoms with Gasteiger partial charge >= 0.3 is 0 Å². The van der Waals surface area contributed by atoms with Gasteiger partial charge in [0.1, 0.15) is 6.33 Å². The summed E-state index contributed by atoms with van der Waals surface area (Å²) in [5, 5.41) is 4.08. The van der Waals surface area contributed by atoms with E-state index in [1.54, 1.807) is 11.0 Å². The summed E-state index contributed by atoms with van der Waals surface area (Å²) in [7, 11) is 0. The summed E-state index contributed by atoms with van der Waals surface area (Å²) in [5.41, 5.74) is 0.986. The number of Topliss-reactive ketones (excluding diaryl/α,β-unsaturated/α-hetero) is 1. The molecule has 0 radical (unpaired) electrons. The molecule has 1 aromatic carbocycles. The summed E-state index contributed by atoms with van der Waals surface area (Å²) >= 11 is 0. The molecular weight excluding hydrogens is 202 g/mol. The minimum atomic E-state index is -0.0431. The summed E-state index contributed by atoms with van der Waals surface area (Å²) in [5.74, 6) is 0.254. The first kappa shape index (κ1) is 10.5. The second-order valence-electron chi connectivity index (χ2n) is 3.51. The van der Waals surface area contributed by atoms with Crippen LogP contribution in [0.3, 0.4) is 0 Å². The Morgan fingerprint density at radius 3 is 2.69 bits per heavy atom. The van der Waals surface area contributed by atoms with Gasteiger partial charge < -0.3 is 0 Å². The number of hydrogen-bond acceptors (Lipinski definition) is 3. The van der Waals surface area contributed by atoms with Crippen molar-refractivity contribution in [2.75, 3.05) is 0 Å². The van der Waals surface area contributed by atoms with Crippen LogP contribution in [-0.4, -0.2) is 20.5 Å². The van der Waals surface area contributed by atoms with Crippen molar-refractivity contribution in [3.8, 4) is 0 Å². The quantitative estimate of drug-likeness (QED) is 0.730. The molecule has 0 saturated carbocycles. The van der Waals surface area contributed by atoms with Gasteiger partial charge in [-0.05, 0) is 12.5 Å². The number of ketones is 1. The van der Waals surface area contributed by atoms with E-state index in [0.29, 0.717) is 12.2 Å². The molecule has 0 N–H and O–H groups in total. The summed E-state index contributed by atoms with van der Waals surface area (Å²) < 4.78 is 1.65. The zero-order valence-corrected chi connectivity index (χ0v) is 9.13. The number of rotatable bonds is 4. The Kier molecular flexibility index (Phi) is 3.10. The fraction of sp³-hybridized carbons (Fsp3) is 0.250. The normalized spacial score (nSPS) is 10.3. The Labute approximate surface area is 93.9 Å². The number of aromatic nitrogens is 3. The molecule has 0 fully saturated rings. The Hall–Kier alpha value is -1.97. The van der Waals surface area contributed by atoms with Gasteiger partial charge in [-0.15, -0.1) is 5.10 Å². The molecule has 0 saturated heterocycles. The van der Waals surface area contributed by atoms with Gasteiger partial charge in [0.2, 0.25) is 11.6 Å². The highest BCUT2D eigenvalue weighted by molar-refractivity contribution is 5.93. The minimum Gasteiger partial charge on any atom is -0.290 e. The lowest BCUT2D eigenvalue weighted by atomic mass is 10.1. The van der Waals surface area contributed by atoms with E-state index >= 15 is 0 Å². The first-order valence-electron chi connectivity index (χ1n) is 5.26. The van der Waals surface area contributed by atoms with Crippen molar-refractivity contribution in [3.05, 3.63) is 48.0 Å². The molecule has 0 spiro atoms. The molecule has 2 aromatic rings. The number of carbonyl (C=O) groups excluding carboxylic acids is 1. The molecule has 0 aliphatic carbocycles. The third kappa shape index (κ3) is 2.34. The molecule has 1 aromatic heterocycles. The highest BCUT2D eigenvalue weighted by Crippen LogP contribution is 2.03. The second kappa shape index (κ2) is 4.70. The molecule has 0 aliphatic rings. The first-order valence-corrected chi connectivity index (χ1v) is 5.26. The molecule has 16 heavy (non-hydrogen) atoms. The SMILES string of the molecule is CCn1cnc(C(=O)Cc2ccccc2)n1. The van der Waals surface area contributed by atoms with Crippen LogP contribution >= 0.6 is 0 Å². The average Bonchev–Trinajstić information content (AvgIpc) is 2.79. The van der Waals surface area contributed by atoms with Gasteiger partial charge in [-0.1, -0.05) is 30.3 Å². The predicted octanol–water partition coefficient (Wildman–Crippen LogP) is 1.72. The van der Waals surface area contributed by atoms with Crippen molar-refractivity contribution < 1.29 is 4.79 Å². The van der Waals surface area contributed by atoms with Crippen LogP contribution in [-0.2, 0) is 13.0 Å². The van der Waals surface area contributed by atoms with E-state index in [9.17, 15) is 4.79 Å². The van der Waals surface area contributed by atoms with Crippen molar-refractivity contribution in [2.45, 2.75) is 19.9 Å². The molecule has 0 atom stereocenters. The van der Waals surface area contributed by atoms with E-state index in [1.165, 1.54) is 0 Å². The van der Waals surface area contributed by atoms with E-state index in [-0.39, 0.29) is 5.78 Å². The third-order valence-corrected chi connectivity index (χ3v) is 2.32. The smallest absolute Gasteiger partial charge is 0.217 e. The van der Waals surface area contributed by atoms with E-state index in [1.807, 2.05) is 37.3 Å². The van der Waals surface area contributed by atoms with Gasteiger partial charge in [0, 0.05) is 13.0 Å². The lowest BCUT2D eigenvalue weighted by Crippen LogP contribution is -2.07. The van der Waals surface area contributed by atoms with Gasteiger partial charge in [0.15, 0.2) is 0 Å². The van der Waals surface area contributed by atoms with Crippen molar-refractivity contribution in [1.29, 1.82) is 0 Å². The highest BCUT2D eigenvalue weighted by atomic mass is 16.1. The van der Waals surface area contributed by atoms with Crippen LogP contribution < -0.4 is 0 Å². The lowest BCUT2D eigenvalue weighted by Gasteiger charge is -1.96. The zero-order chi connectivity index (χ0) is 11.4. The maximum Gasteiger partial charge on any atom is 0.217 e. The van der Waals surface area contributed by atoms with Gasteiger partial charge in [0.25, 0.3) is 0 Å². The molecule has 2 rings (SSSR count). The number of aryl methyl sites for hydroxylation is 1. The Balaban J connectivity index is 2.09. The van der Waals surface area contributed by atoms with Gasteiger partial charge in [0.05, 0.1) is 0 Å². The summed E-state index contributed by atoms with van der Waals surface area (Å²) in [6, 6.07) is 9.61. The number of carbonyl (C=O) groups is 1. The molecule has 0 aliphatic heterocycles. The van der Waals surface area contributed by atoms with E-state index in [0.717, 1.165) is 12.1 Å². The van der Waals surface area contributed by atoms with E-state index in [4.69, 9.17) is 0 Å². The van der Waals surface area contributed by atoms with Crippen LogP contribution in [0.2, 0.25) is 0 Å². The standard InChI is InChI=1S/C12H13N3O/c1-2-15-9-13-12(14-15)11(16)8-10-6-4-3-5-7-10/h3-7,9H,2,8H2,1H3. The van der Waals surface area contributed by atoms with Crippen LogP contribution in [0.1, 0.15) is 23.1 Å². The number of benzene rings is 1. The maximum atomic E-state index is 11.8. The summed E-state index contributed by atoms with van der Waals surface area (Å²) in [6.07, 6.45) is 1.94. The van der Waals surface area contributed by atoms with Crippen LogP contribution in [0.4, 0.5) is 0 Å². The van der Waals surface area contributed by atoms with Gasteiger partial charge in [-0.2, -0.15) is 0 Å². The fourth-order valence-corrected chi connectivity index (χ4v) is 1.44. The number of hydrogen-bond donors (Lipinski definition) is 0. The maximum absolute atomic E-state index is 11.8. The third-order valence-electron chi connectivity index (χ3n) is 2.32. The zero-order valence-electron chi connectivity index (χ0n) is 9.13. The molecular formula is C12H13N3O. The topological polar surface area (TPSA) is 47.8 Å². The van der Waals surface area contributed by atoms with Crippen LogP contribution in [0.5, 0.6) is 0 Å². The Bertz CT molecular complexity index is 476. The van der Waals surface area contributed by atoms with Crippen LogP contribution in [0.25, 0.3) is 0 Å². The Morgan fingerprint density at radius 2 is 2.06 bits per heavy atom. The van der Waals surface area contributed by atoms with Gasteiger partial charge in [-0.25, -0.2) is 4.98 Å². The molecule has 0 bridgehead atoms. The van der Waals surface area contributed by atoms with Crippen molar-refractivity contribution >= 4 is 5.78 Å². The molecule has 0 unspecified atom stereocenters. The molecule has 82 valence electrons. The molecule has 1 heterocycles. The monoisotopic (exact) mass is 215 g/mol. The minimum absolute atomic E-state index is 0.0431. The molecule has 4 nitrogen and oxygen atoms in total.